The van der Waals surface area contributed by atoms with Gasteiger partial charge in [-0.15, -0.1) is 0 Å². The van der Waals surface area contributed by atoms with Crippen molar-refractivity contribution in [2.24, 2.45) is 17.3 Å². The Morgan fingerprint density at radius 1 is 1.50 bits per heavy atom. The van der Waals surface area contributed by atoms with Crippen LogP contribution in [0.5, 0.6) is 0 Å². The van der Waals surface area contributed by atoms with Crippen LogP contribution in [0, 0.1) is 17.3 Å². The third-order valence-corrected chi connectivity index (χ3v) is 5.61. The van der Waals surface area contributed by atoms with Gasteiger partial charge in [-0.1, -0.05) is 33.8 Å². The van der Waals surface area contributed by atoms with Crippen LogP contribution in [-0.4, -0.2) is 35.7 Å². The van der Waals surface area contributed by atoms with Crippen LogP contribution in [0.1, 0.15) is 53.9 Å². The maximum atomic E-state index is 12.4. The zero-order chi connectivity index (χ0) is 19.6. The van der Waals surface area contributed by atoms with Gasteiger partial charge in [-0.25, -0.2) is 4.79 Å². The fraction of sp³-hybridized carbons (Fsp3) is 0.650. The van der Waals surface area contributed by atoms with Gasteiger partial charge in [-0.2, -0.15) is 0 Å². The molecule has 1 N–H and O–H groups in total. The van der Waals surface area contributed by atoms with Gasteiger partial charge in [0, 0.05) is 23.0 Å². The van der Waals surface area contributed by atoms with Gasteiger partial charge in [0.1, 0.15) is 12.4 Å². The van der Waals surface area contributed by atoms with E-state index in [1.807, 2.05) is 33.8 Å². The molecule has 0 saturated heterocycles. The second-order valence-corrected chi connectivity index (χ2v) is 7.84. The van der Waals surface area contributed by atoms with Crippen LogP contribution in [0.25, 0.3) is 0 Å². The minimum absolute atomic E-state index is 0.00718. The fourth-order valence-electron chi connectivity index (χ4n) is 3.78. The third-order valence-electron chi connectivity index (χ3n) is 5.61. The molecule has 0 aromatic rings. The fourth-order valence-corrected chi connectivity index (χ4v) is 3.78. The van der Waals surface area contributed by atoms with Crippen LogP contribution in [0.3, 0.4) is 0 Å². The first kappa shape index (κ1) is 20.4. The van der Waals surface area contributed by atoms with Crippen LogP contribution >= 0.6 is 0 Å². The van der Waals surface area contributed by atoms with E-state index in [4.69, 9.17) is 9.47 Å². The molecular weight excluding hydrogens is 336 g/mol. The summed E-state index contributed by atoms with van der Waals surface area (Å²) >= 11 is 0. The number of allylic oxidation sites excluding steroid dienone is 1. The monoisotopic (exact) mass is 364 g/mol. The van der Waals surface area contributed by atoms with E-state index < -0.39 is 29.7 Å². The lowest BCUT2D eigenvalue weighted by molar-refractivity contribution is -0.160. The Morgan fingerprint density at radius 2 is 2.15 bits per heavy atom. The summed E-state index contributed by atoms with van der Waals surface area (Å²) in [6, 6.07) is 0. The van der Waals surface area contributed by atoms with Gasteiger partial charge in [-0.05, 0) is 37.2 Å². The molecule has 6 nitrogen and oxygen atoms in total. The van der Waals surface area contributed by atoms with Crippen molar-refractivity contribution in [3.8, 4) is 0 Å². The summed E-state index contributed by atoms with van der Waals surface area (Å²) in [6.45, 7) is 9.18. The topological polar surface area (TPSA) is 89.9 Å². The minimum Gasteiger partial charge on any atom is -0.457 e. The lowest BCUT2D eigenvalue weighted by Gasteiger charge is -2.45. The van der Waals surface area contributed by atoms with Crippen LogP contribution in [-0.2, 0) is 23.9 Å². The molecule has 0 aromatic heterocycles. The lowest BCUT2D eigenvalue weighted by atomic mass is 9.62. The molecule has 0 radical (unpaired) electrons. The molecular formula is C20H28O6. The van der Waals surface area contributed by atoms with E-state index in [9.17, 15) is 19.5 Å². The summed E-state index contributed by atoms with van der Waals surface area (Å²) in [5, 5.41) is 10.3. The van der Waals surface area contributed by atoms with Crippen LogP contribution in [0.15, 0.2) is 22.8 Å². The highest BCUT2D eigenvalue weighted by molar-refractivity contribution is 5.92. The normalized spacial score (nSPS) is 30.1. The molecule has 6 heteroatoms. The van der Waals surface area contributed by atoms with E-state index in [1.165, 1.54) is 6.92 Å². The number of aldehydes is 1. The second-order valence-electron chi connectivity index (χ2n) is 7.84. The molecule has 0 aromatic carbocycles. The SMILES string of the molecule is CC1=C([C@@H](OC(=O)CC(C)C)[C@@]2(C)C(C=O)=CCC[C@@H]2C)[C@H](O)OC1=O. The minimum atomic E-state index is -1.47. The first-order valence-corrected chi connectivity index (χ1v) is 9.07. The molecule has 26 heavy (non-hydrogen) atoms. The number of carbonyl (C=O) groups is 3. The number of cyclic esters (lactones) is 1. The maximum Gasteiger partial charge on any atom is 0.336 e. The Labute approximate surface area is 154 Å². The van der Waals surface area contributed by atoms with E-state index >= 15 is 0 Å². The average Bonchev–Trinajstić information content (AvgIpc) is 2.80. The number of esters is 2. The van der Waals surface area contributed by atoms with Gasteiger partial charge in [0.2, 0.25) is 6.29 Å². The number of rotatable bonds is 6. The molecule has 0 bridgehead atoms. The van der Waals surface area contributed by atoms with E-state index in [2.05, 4.69) is 0 Å². The number of hydrogen-bond acceptors (Lipinski definition) is 6. The van der Waals surface area contributed by atoms with Gasteiger partial charge < -0.3 is 14.6 Å². The van der Waals surface area contributed by atoms with Gasteiger partial charge in [0.25, 0.3) is 0 Å². The summed E-state index contributed by atoms with van der Waals surface area (Å²) < 4.78 is 10.7. The van der Waals surface area contributed by atoms with E-state index in [1.54, 1.807) is 0 Å². The van der Waals surface area contributed by atoms with Crippen molar-refractivity contribution < 1.29 is 29.0 Å². The summed E-state index contributed by atoms with van der Waals surface area (Å²) in [6.07, 6.45) is 1.98. The van der Waals surface area contributed by atoms with Crippen molar-refractivity contribution in [2.75, 3.05) is 0 Å². The molecule has 0 spiro atoms. The molecule has 2 rings (SSSR count). The zero-order valence-corrected chi connectivity index (χ0v) is 16.1. The van der Waals surface area contributed by atoms with Crippen molar-refractivity contribution in [2.45, 2.75) is 66.3 Å². The molecule has 0 unspecified atom stereocenters. The summed E-state index contributed by atoms with van der Waals surface area (Å²) in [4.78, 5) is 36.1. The van der Waals surface area contributed by atoms with Crippen LogP contribution in [0.2, 0.25) is 0 Å². The highest BCUT2D eigenvalue weighted by Gasteiger charge is 2.51. The van der Waals surface area contributed by atoms with Crippen molar-refractivity contribution in [1.29, 1.82) is 0 Å². The van der Waals surface area contributed by atoms with Crippen molar-refractivity contribution in [1.82, 2.24) is 0 Å². The highest BCUT2D eigenvalue weighted by atomic mass is 16.6. The smallest absolute Gasteiger partial charge is 0.336 e. The van der Waals surface area contributed by atoms with Gasteiger partial charge in [0.05, 0.1) is 0 Å². The first-order chi connectivity index (χ1) is 12.1. The molecule has 0 amide bonds. The second kappa shape index (κ2) is 7.74. The van der Waals surface area contributed by atoms with Crippen LogP contribution < -0.4 is 0 Å². The number of aliphatic hydroxyl groups excluding tert-OH is 1. The van der Waals surface area contributed by atoms with Crippen molar-refractivity contribution >= 4 is 18.2 Å². The lowest BCUT2D eigenvalue weighted by Crippen LogP contribution is -2.47. The first-order valence-electron chi connectivity index (χ1n) is 9.07. The third kappa shape index (κ3) is 3.61. The molecule has 0 fully saturated rings. The Balaban J connectivity index is 2.55. The predicted molar refractivity (Wildman–Crippen MR) is 94.8 cm³/mol. The van der Waals surface area contributed by atoms with Crippen molar-refractivity contribution in [3.05, 3.63) is 22.8 Å². The largest absolute Gasteiger partial charge is 0.457 e. The van der Waals surface area contributed by atoms with Crippen LogP contribution in [0.4, 0.5) is 0 Å². The standard InChI is InChI=1S/C20H28O6/c1-11(2)9-15(22)25-17(16-13(4)18(23)26-19(16)24)20(5)12(3)7-6-8-14(20)10-21/h8,10-12,17,19,24H,6-7,9H2,1-5H3/t12-,17+,19+,20+/m0/s1. The van der Waals surface area contributed by atoms with Gasteiger partial charge in [-0.3, -0.25) is 9.59 Å². The Hall–Kier alpha value is -1.95. The van der Waals surface area contributed by atoms with E-state index in [-0.39, 0.29) is 29.4 Å². The maximum absolute atomic E-state index is 12.4. The average molecular weight is 364 g/mol. The van der Waals surface area contributed by atoms with E-state index in [0.29, 0.717) is 5.57 Å². The number of aliphatic hydroxyl groups is 1. The molecule has 4 atom stereocenters. The molecule has 0 saturated carbocycles. The predicted octanol–water partition coefficient (Wildman–Crippen LogP) is 2.70. The summed E-state index contributed by atoms with van der Waals surface area (Å²) in [5.41, 5.74) is 0.128. The van der Waals surface area contributed by atoms with Gasteiger partial charge >= 0.3 is 11.9 Å². The van der Waals surface area contributed by atoms with Gasteiger partial charge in [0.15, 0.2) is 0 Å². The number of carbonyl (C=O) groups excluding carboxylic acids is 3. The molecule has 2 aliphatic rings. The number of hydrogen-bond donors (Lipinski definition) is 1. The Morgan fingerprint density at radius 3 is 2.65 bits per heavy atom. The number of ether oxygens (including phenoxy) is 2. The van der Waals surface area contributed by atoms with E-state index in [0.717, 1.165) is 19.1 Å². The molecule has 1 aliphatic heterocycles. The van der Waals surface area contributed by atoms with Crippen molar-refractivity contribution in [3.63, 3.8) is 0 Å². The summed E-state index contributed by atoms with van der Waals surface area (Å²) in [7, 11) is 0. The Bertz CT molecular complexity index is 659. The Kier molecular flexibility index (Phi) is 6.06. The highest BCUT2D eigenvalue weighted by Crippen LogP contribution is 2.49. The molecule has 144 valence electrons. The summed E-state index contributed by atoms with van der Waals surface area (Å²) in [5.74, 6) is -0.961. The quantitative estimate of drug-likeness (QED) is 0.576. The molecule has 1 heterocycles. The molecule has 1 aliphatic carbocycles. The zero-order valence-electron chi connectivity index (χ0n) is 16.1.